The van der Waals surface area contributed by atoms with Crippen LogP contribution in [0.15, 0.2) is 18.2 Å². The van der Waals surface area contributed by atoms with Crippen LogP contribution in [-0.4, -0.2) is 17.3 Å². The average Bonchev–Trinajstić information content (AvgIpc) is 2.24. The number of carbonyl (C=O) groups is 1. The molecule has 0 spiro atoms. The molecule has 0 radical (unpaired) electrons. The van der Waals surface area contributed by atoms with E-state index in [-0.39, 0.29) is 17.2 Å². The molecule has 0 aliphatic carbocycles. The lowest BCUT2D eigenvalue weighted by Gasteiger charge is -2.02. The van der Waals surface area contributed by atoms with Gasteiger partial charge in [0.2, 0.25) is 0 Å². The van der Waals surface area contributed by atoms with E-state index in [4.69, 9.17) is 11.6 Å². The first kappa shape index (κ1) is 13.5. The van der Waals surface area contributed by atoms with E-state index in [1.54, 1.807) is 17.8 Å². The molecule has 1 rings (SSSR count). The second-order valence-corrected chi connectivity index (χ2v) is 5.03. The lowest BCUT2D eigenvalue weighted by molar-refractivity contribution is -0.116. The number of hydrogen-bond donors (Lipinski definition) is 0. The number of rotatable bonds is 6. The van der Waals surface area contributed by atoms with Gasteiger partial charge < -0.3 is 0 Å². The SMILES string of the molecule is CCCSCC(=O)Cc1ccc(Cl)c(F)c1. The molecule has 1 nitrogen and oxygen atoms in total. The highest BCUT2D eigenvalue weighted by Gasteiger charge is 2.06. The van der Waals surface area contributed by atoms with Crippen LogP contribution in [0.4, 0.5) is 4.39 Å². The van der Waals surface area contributed by atoms with Gasteiger partial charge in [0.25, 0.3) is 0 Å². The lowest BCUT2D eigenvalue weighted by atomic mass is 10.1. The fourth-order valence-corrected chi connectivity index (χ4v) is 2.14. The molecule has 1 aromatic carbocycles. The summed E-state index contributed by atoms with van der Waals surface area (Å²) < 4.78 is 13.1. The number of hydrogen-bond acceptors (Lipinski definition) is 2. The molecule has 0 aliphatic rings. The van der Waals surface area contributed by atoms with E-state index in [1.807, 2.05) is 0 Å². The smallest absolute Gasteiger partial charge is 0.147 e. The van der Waals surface area contributed by atoms with Crippen LogP contribution >= 0.6 is 23.4 Å². The summed E-state index contributed by atoms with van der Waals surface area (Å²) in [4.78, 5) is 11.5. The van der Waals surface area contributed by atoms with Gasteiger partial charge in [-0.25, -0.2) is 4.39 Å². The zero-order chi connectivity index (χ0) is 12.0. The Morgan fingerprint density at radius 1 is 1.50 bits per heavy atom. The average molecular weight is 261 g/mol. The van der Waals surface area contributed by atoms with E-state index in [0.717, 1.165) is 12.2 Å². The first-order chi connectivity index (χ1) is 7.63. The Hall–Kier alpha value is -0.540. The first-order valence-electron chi connectivity index (χ1n) is 5.17. The van der Waals surface area contributed by atoms with Crippen molar-refractivity contribution in [2.75, 3.05) is 11.5 Å². The molecule has 88 valence electrons. The number of ketones is 1. The van der Waals surface area contributed by atoms with Crippen molar-refractivity contribution in [3.63, 3.8) is 0 Å². The Bertz CT molecular complexity index is 368. The topological polar surface area (TPSA) is 17.1 Å². The number of carbonyl (C=O) groups excluding carboxylic acids is 1. The van der Waals surface area contributed by atoms with Crippen molar-refractivity contribution >= 4 is 29.1 Å². The van der Waals surface area contributed by atoms with Gasteiger partial charge in [-0.15, -0.1) is 0 Å². The minimum absolute atomic E-state index is 0.0940. The molecule has 0 unspecified atom stereocenters. The monoisotopic (exact) mass is 260 g/mol. The minimum atomic E-state index is -0.465. The maximum absolute atomic E-state index is 13.1. The molecule has 1 aromatic rings. The zero-order valence-electron chi connectivity index (χ0n) is 9.13. The molecule has 0 bridgehead atoms. The zero-order valence-corrected chi connectivity index (χ0v) is 10.7. The number of halogens is 2. The van der Waals surface area contributed by atoms with Gasteiger partial charge >= 0.3 is 0 Å². The molecule has 4 heteroatoms. The van der Waals surface area contributed by atoms with E-state index >= 15 is 0 Å². The van der Waals surface area contributed by atoms with Crippen LogP contribution in [0.5, 0.6) is 0 Å². The summed E-state index contributed by atoms with van der Waals surface area (Å²) in [5.41, 5.74) is 0.684. The molecule has 0 atom stereocenters. The third-order valence-corrected chi connectivity index (χ3v) is 3.53. The summed E-state index contributed by atoms with van der Waals surface area (Å²) in [7, 11) is 0. The quantitative estimate of drug-likeness (QED) is 0.725. The van der Waals surface area contributed by atoms with Crippen LogP contribution in [0.25, 0.3) is 0 Å². The third kappa shape index (κ3) is 4.54. The van der Waals surface area contributed by atoms with Gasteiger partial charge in [-0.1, -0.05) is 24.6 Å². The summed E-state index contributed by atoms with van der Waals surface area (Å²) >= 11 is 7.17. The van der Waals surface area contributed by atoms with E-state index < -0.39 is 5.82 Å². The highest BCUT2D eigenvalue weighted by atomic mass is 35.5. The van der Waals surface area contributed by atoms with Gasteiger partial charge in [-0.05, 0) is 29.9 Å². The van der Waals surface area contributed by atoms with Gasteiger partial charge in [0.15, 0.2) is 0 Å². The Kier molecular flexibility index (Phi) is 5.85. The van der Waals surface area contributed by atoms with E-state index in [9.17, 15) is 9.18 Å². The molecule has 0 N–H and O–H groups in total. The summed E-state index contributed by atoms with van der Waals surface area (Å²) in [6.45, 7) is 2.08. The van der Waals surface area contributed by atoms with Crippen LogP contribution in [0.3, 0.4) is 0 Å². The summed E-state index contributed by atoms with van der Waals surface area (Å²) in [5.74, 6) is 1.15. The van der Waals surface area contributed by atoms with Crippen molar-refractivity contribution in [3.05, 3.63) is 34.6 Å². The predicted octanol–water partition coefficient (Wildman–Crippen LogP) is 3.73. The van der Waals surface area contributed by atoms with Crippen molar-refractivity contribution in [1.82, 2.24) is 0 Å². The van der Waals surface area contributed by atoms with Crippen molar-refractivity contribution < 1.29 is 9.18 Å². The van der Waals surface area contributed by atoms with Crippen LogP contribution in [-0.2, 0) is 11.2 Å². The Labute approximate surface area is 104 Å². The summed E-state index contributed by atoms with van der Waals surface area (Å²) in [6, 6.07) is 4.50. The lowest BCUT2D eigenvalue weighted by Crippen LogP contribution is -2.06. The fraction of sp³-hybridized carbons (Fsp3) is 0.417. The molecule has 0 fully saturated rings. The Balaban J connectivity index is 2.46. The van der Waals surface area contributed by atoms with Crippen molar-refractivity contribution in [3.8, 4) is 0 Å². The fourth-order valence-electron chi connectivity index (χ4n) is 1.26. The Morgan fingerprint density at radius 3 is 2.88 bits per heavy atom. The van der Waals surface area contributed by atoms with Crippen LogP contribution in [0.2, 0.25) is 5.02 Å². The maximum Gasteiger partial charge on any atom is 0.147 e. The van der Waals surface area contributed by atoms with Crippen LogP contribution < -0.4 is 0 Å². The largest absolute Gasteiger partial charge is 0.298 e. The molecule has 0 saturated heterocycles. The Morgan fingerprint density at radius 2 is 2.25 bits per heavy atom. The summed E-state index contributed by atoms with van der Waals surface area (Å²) in [6.07, 6.45) is 1.35. The van der Waals surface area contributed by atoms with Gasteiger partial charge in [0.1, 0.15) is 11.6 Å². The normalized spacial score (nSPS) is 10.4. The van der Waals surface area contributed by atoms with E-state index in [1.165, 1.54) is 12.1 Å². The van der Waals surface area contributed by atoms with Crippen LogP contribution in [0, 0.1) is 5.82 Å². The summed E-state index contributed by atoms with van der Waals surface area (Å²) in [5, 5.41) is 0.0940. The number of Topliss-reactive ketones (excluding diaryl/α,β-unsaturated/α-hetero) is 1. The number of benzene rings is 1. The van der Waals surface area contributed by atoms with Crippen molar-refractivity contribution in [2.24, 2.45) is 0 Å². The van der Waals surface area contributed by atoms with Gasteiger partial charge in [-0.2, -0.15) is 11.8 Å². The molecule has 16 heavy (non-hydrogen) atoms. The second-order valence-electron chi connectivity index (χ2n) is 3.52. The van der Waals surface area contributed by atoms with Crippen LogP contribution in [0.1, 0.15) is 18.9 Å². The minimum Gasteiger partial charge on any atom is -0.298 e. The highest BCUT2D eigenvalue weighted by Crippen LogP contribution is 2.16. The first-order valence-corrected chi connectivity index (χ1v) is 6.70. The molecule has 0 aromatic heterocycles. The van der Waals surface area contributed by atoms with Crippen molar-refractivity contribution in [1.29, 1.82) is 0 Å². The molecule has 0 aliphatic heterocycles. The molecular weight excluding hydrogens is 247 g/mol. The molecular formula is C12H14ClFOS. The van der Waals surface area contributed by atoms with Crippen molar-refractivity contribution in [2.45, 2.75) is 19.8 Å². The third-order valence-electron chi connectivity index (χ3n) is 2.00. The number of thioether (sulfide) groups is 1. The van der Waals surface area contributed by atoms with E-state index in [0.29, 0.717) is 11.3 Å². The predicted molar refractivity (Wildman–Crippen MR) is 67.7 cm³/mol. The van der Waals surface area contributed by atoms with Gasteiger partial charge in [-0.3, -0.25) is 4.79 Å². The standard InChI is InChI=1S/C12H14ClFOS/c1-2-5-16-8-10(15)6-9-3-4-11(13)12(14)7-9/h3-4,7H,2,5-6,8H2,1H3. The highest BCUT2D eigenvalue weighted by molar-refractivity contribution is 7.99. The molecule has 0 saturated carbocycles. The van der Waals surface area contributed by atoms with Gasteiger partial charge in [0.05, 0.1) is 10.8 Å². The van der Waals surface area contributed by atoms with Gasteiger partial charge in [0, 0.05) is 6.42 Å². The maximum atomic E-state index is 13.1. The van der Waals surface area contributed by atoms with E-state index in [2.05, 4.69) is 6.92 Å². The molecule has 0 amide bonds. The molecule has 0 heterocycles. The second kappa shape index (κ2) is 6.92.